The van der Waals surface area contributed by atoms with Crippen molar-refractivity contribution in [2.75, 3.05) is 19.8 Å². The number of ether oxygens (including phenoxy) is 2. The molecule has 3 nitrogen and oxygen atoms in total. The van der Waals surface area contributed by atoms with Crippen LogP contribution in [0.5, 0.6) is 5.75 Å². The van der Waals surface area contributed by atoms with Crippen molar-refractivity contribution < 1.29 is 18.3 Å². The van der Waals surface area contributed by atoms with Crippen LogP contribution >= 0.6 is 0 Å². The first-order chi connectivity index (χ1) is 10.0. The van der Waals surface area contributed by atoms with Gasteiger partial charge in [-0.3, -0.25) is 0 Å². The number of hydrogen-bond donors (Lipinski definition) is 1. The molecule has 1 aromatic rings. The van der Waals surface area contributed by atoms with Gasteiger partial charge < -0.3 is 14.8 Å². The van der Waals surface area contributed by atoms with Gasteiger partial charge in [-0.15, -0.1) is 0 Å². The zero-order valence-corrected chi connectivity index (χ0v) is 12.9. The third kappa shape index (κ3) is 6.87. The molecule has 0 spiro atoms. The molecule has 0 fully saturated rings. The maximum Gasteiger partial charge on any atom is 0.261 e. The number of para-hydroxylation sites is 1. The molecule has 1 rings (SSSR count). The fourth-order valence-corrected chi connectivity index (χ4v) is 2.12. The van der Waals surface area contributed by atoms with Crippen molar-refractivity contribution >= 4 is 0 Å². The van der Waals surface area contributed by atoms with Gasteiger partial charge in [-0.1, -0.05) is 25.1 Å². The molecule has 0 heterocycles. The standard InChI is InChI=1S/C16H25F2NO2/c1-4-19-14(9-10-20-11-16(17)18)13-7-5-6-8-15(13)21-12(2)3/h5-8,12,14,16,19H,4,9-11H2,1-3H3. The Balaban J connectivity index is 2.70. The molecule has 1 N–H and O–H groups in total. The van der Waals surface area contributed by atoms with Crippen molar-refractivity contribution in [2.45, 2.75) is 45.8 Å². The van der Waals surface area contributed by atoms with Gasteiger partial charge in [0.15, 0.2) is 0 Å². The summed E-state index contributed by atoms with van der Waals surface area (Å²) in [6.45, 7) is 6.53. The molecule has 21 heavy (non-hydrogen) atoms. The molecule has 1 unspecified atom stereocenters. The number of hydrogen-bond acceptors (Lipinski definition) is 3. The van der Waals surface area contributed by atoms with Crippen LogP contribution in [-0.4, -0.2) is 32.3 Å². The molecule has 0 saturated heterocycles. The largest absolute Gasteiger partial charge is 0.491 e. The van der Waals surface area contributed by atoms with Gasteiger partial charge in [0.2, 0.25) is 0 Å². The second-order valence-corrected chi connectivity index (χ2v) is 5.07. The summed E-state index contributed by atoms with van der Waals surface area (Å²) in [6, 6.07) is 7.84. The summed E-state index contributed by atoms with van der Waals surface area (Å²) in [6.07, 6.45) is -1.71. The van der Waals surface area contributed by atoms with E-state index in [-0.39, 0.29) is 18.8 Å². The molecule has 0 saturated carbocycles. The molecule has 0 aromatic heterocycles. The Labute approximate surface area is 125 Å². The Morgan fingerprint density at radius 2 is 1.90 bits per heavy atom. The lowest BCUT2D eigenvalue weighted by atomic mass is 10.0. The Morgan fingerprint density at radius 3 is 2.52 bits per heavy atom. The quantitative estimate of drug-likeness (QED) is 0.667. The summed E-state index contributed by atoms with van der Waals surface area (Å²) in [7, 11) is 0. The van der Waals surface area contributed by atoms with Crippen LogP contribution in [0, 0.1) is 0 Å². The maximum atomic E-state index is 12.1. The van der Waals surface area contributed by atoms with E-state index in [0.717, 1.165) is 17.9 Å². The third-order valence-corrected chi connectivity index (χ3v) is 2.90. The second kappa shape index (κ2) is 9.68. The molecule has 0 aliphatic rings. The van der Waals surface area contributed by atoms with E-state index < -0.39 is 13.0 Å². The van der Waals surface area contributed by atoms with Gasteiger partial charge in [0.25, 0.3) is 6.43 Å². The monoisotopic (exact) mass is 301 g/mol. The minimum absolute atomic E-state index is 0.0302. The van der Waals surface area contributed by atoms with Gasteiger partial charge in [-0.25, -0.2) is 8.78 Å². The topological polar surface area (TPSA) is 30.5 Å². The van der Waals surface area contributed by atoms with Gasteiger partial charge in [-0.05, 0) is 32.9 Å². The van der Waals surface area contributed by atoms with Crippen LogP contribution in [-0.2, 0) is 4.74 Å². The molecule has 5 heteroatoms. The minimum Gasteiger partial charge on any atom is -0.491 e. The van der Waals surface area contributed by atoms with E-state index in [2.05, 4.69) is 5.32 Å². The predicted octanol–water partition coefficient (Wildman–Crippen LogP) is 3.80. The molecule has 0 radical (unpaired) electrons. The lowest BCUT2D eigenvalue weighted by molar-refractivity contribution is 0.0143. The van der Waals surface area contributed by atoms with Crippen molar-refractivity contribution in [3.8, 4) is 5.75 Å². The van der Waals surface area contributed by atoms with Crippen LogP contribution in [0.1, 0.15) is 38.8 Å². The van der Waals surface area contributed by atoms with Gasteiger partial charge >= 0.3 is 0 Å². The van der Waals surface area contributed by atoms with Crippen molar-refractivity contribution in [1.29, 1.82) is 0 Å². The van der Waals surface area contributed by atoms with Crippen molar-refractivity contribution in [2.24, 2.45) is 0 Å². The van der Waals surface area contributed by atoms with E-state index >= 15 is 0 Å². The van der Waals surface area contributed by atoms with Crippen LogP contribution < -0.4 is 10.1 Å². The summed E-state index contributed by atoms with van der Waals surface area (Å²) in [4.78, 5) is 0. The number of rotatable bonds is 10. The van der Waals surface area contributed by atoms with Gasteiger partial charge in [0.1, 0.15) is 12.4 Å². The molecule has 0 bridgehead atoms. The molecule has 0 amide bonds. The van der Waals surface area contributed by atoms with Crippen molar-refractivity contribution in [1.82, 2.24) is 5.32 Å². The lowest BCUT2D eigenvalue weighted by Gasteiger charge is -2.22. The number of alkyl halides is 2. The van der Waals surface area contributed by atoms with Crippen molar-refractivity contribution in [3.05, 3.63) is 29.8 Å². The summed E-state index contributed by atoms with van der Waals surface area (Å²) < 4.78 is 35.0. The minimum atomic E-state index is -2.42. The van der Waals surface area contributed by atoms with E-state index in [4.69, 9.17) is 9.47 Å². The van der Waals surface area contributed by atoms with Crippen molar-refractivity contribution in [3.63, 3.8) is 0 Å². The smallest absolute Gasteiger partial charge is 0.261 e. The molecular weight excluding hydrogens is 276 g/mol. The zero-order chi connectivity index (χ0) is 15.7. The fourth-order valence-electron chi connectivity index (χ4n) is 2.12. The zero-order valence-electron chi connectivity index (χ0n) is 12.9. The third-order valence-electron chi connectivity index (χ3n) is 2.90. The molecular formula is C16H25F2NO2. The normalized spacial score (nSPS) is 12.9. The Bertz CT molecular complexity index is 400. The first-order valence-electron chi connectivity index (χ1n) is 7.39. The highest BCUT2D eigenvalue weighted by atomic mass is 19.3. The number of benzene rings is 1. The van der Waals surface area contributed by atoms with Crippen LogP contribution in [0.4, 0.5) is 8.78 Å². The van der Waals surface area contributed by atoms with Crippen LogP contribution in [0.15, 0.2) is 24.3 Å². The fraction of sp³-hybridized carbons (Fsp3) is 0.625. The van der Waals surface area contributed by atoms with Gasteiger partial charge in [0, 0.05) is 18.2 Å². The van der Waals surface area contributed by atoms with Crippen LogP contribution in [0.3, 0.4) is 0 Å². The summed E-state index contributed by atoms with van der Waals surface area (Å²) in [5.41, 5.74) is 1.04. The first kappa shape index (κ1) is 17.9. The highest BCUT2D eigenvalue weighted by molar-refractivity contribution is 5.36. The van der Waals surface area contributed by atoms with Gasteiger partial charge in [0.05, 0.1) is 6.10 Å². The highest BCUT2D eigenvalue weighted by Gasteiger charge is 2.16. The van der Waals surface area contributed by atoms with E-state index in [9.17, 15) is 8.78 Å². The number of halogens is 2. The average Bonchev–Trinajstić information content (AvgIpc) is 2.42. The Kier molecular flexibility index (Phi) is 8.23. The summed E-state index contributed by atoms with van der Waals surface area (Å²) >= 11 is 0. The Hall–Kier alpha value is -1.20. The van der Waals surface area contributed by atoms with E-state index in [1.165, 1.54) is 0 Å². The Morgan fingerprint density at radius 1 is 1.19 bits per heavy atom. The van der Waals surface area contributed by atoms with E-state index in [0.29, 0.717) is 6.42 Å². The molecule has 1 aromatic carbocycles. The molecule has 120 valence electrons. The molecule has 1 atom stereocenters. The summed E-state index contributed by atoms with van der Waals surface area (Å²) in [5.74, 6) is 0.826. The van der Waals surface area contributed by atoms with Crippen LogP contribution in [0.2, 0.25) is 0 Å². The van der Waals surface area contributed by atoms with Gasteiger partial charge in [-0.2, -0.15) is 0 Å². The first-order valence-corrected chi connectivity index (χ1v) is 7.39. The van der Waals surface area contributed by atoms with E-state index in [1.54, 1.807) is 0 Å². The lowest BCUT2D eigenvalue weighted by Crippen LogP contribution is -2.24. The molecule has 0 aliphatic heterocycles. The SMILES string of the molecule is CCNC(CCOCC(F)F)c1ccccc1OC(C)C. The average molecular weight is 301 g/mol. The predicted molar refractivity (Wildman–Crippen MR) is 80.1 cm³/mol. The summed E-state index contributed by atoms with van der Waals surface area (Å²) in [5, 5.41) is 3.35. The van der Waals surface area contributed by atoms with E-state index in [1.807, 2.05) is 45.0 Å². The molecule has 0 aliphatic carbocycles. The second-order valence-electron chi connectivity index (χ2n) is 5.07. The highest BCUT2D eigenvalue weighted by Crippen LogP contribution is 2.28. The number of nitrogens with one attached hydrogen (secondary N) is 1. The van der Waals surface area contributed by atoms with Crippen LogP contribution in [0.25, 0.3) is 0 Å². The maximum absolute atomic E-state index is 12.1.